The maximum absolute atomic E-state index is 10.6. The molecule has 0 aliphatic carbocycles. The number of piperidine rings is 1. The van der Waals surface area contributed by atoms with Crippen molar-refractivity contribution in [3.63, 3.8) is 0 Å². The van der Waals surface area contributed by atoms with Gasteiger partial charge in [-0.25, -0.2) is 4.98 Å². The van der Waals surface area contributed by atoms with Gasteiger partial charge in [0.2, 0.25) is 0 Å². The van der Waals surface area contributed by atoms with Crippen LogP contribution in [0.2, 0.25) is 0 Å². The van der Waals surface area contributed by atoms with E-state index in [1.807, 2.05) is 18.7 Å². The molecule has 1 N–H and O–H groups in total. The Morgan fingerprint density at radius 3 is 2.96 bits per heavy atom. The van der Waals surface area contributed by atoms with Gasteiger partial charge in [0.1, 0.15) is 0 Å². The highest BCUT2D eigenvalue weighted by Gasteiger charge is 2.23. The van der Waals surface area contributed by atoms with Gasteiger partial charge in [-0.05, 0) is 50.3 Å². The Morgan fingerprint density at radius 2 is 2.22 bits per heavy atom. The molecule has 1 fully saturated rings. The molecular formula is C19H27N3O. The summed E-state index contributed by atoms with van der Waals surface area (Å²) in [5.41, 5.74) is 3.49. The van der Waals surface area contributed by atoms with E-state index in [1.54, 1.807) is 0 Å². The van der Waals surface area contributed by atoms with Crippen LogP contribution in [0.15, 0.2) is 36.9 Å². The van der Waals surface area contributed by atoms with Crippen molar-refractivity contribution >= 4 is 0 Å². The highest BCUT2D eigenvalue weighted by Crippen LogP contribution is 2.24. The second-order valence-electron chi connectivity index (χ2n) is 6.90. The van der Waals surface area contributed by atoms with Gasteiger partial charge < -0.3 is 14.6 Å². The number of rotatable bonds is 5. The highest BCUT2D eigenvalue weighted by atomic mass is 16.3. The van der Waals surface area contributed by atoms with Crippen molar-refractivity contribution in [2.24, 2.45) is 5.92 Å². The number of aliphatic hydroxyl groups is 1. The fraction of sp³-hybridized carbons (Fsp3) is 0.526. The lowest BCUT2D eigenvalue weighted by Gasteiger charge is -2.34. The maximum atomic E-state index is 10.6. The molecule has 1 aliphatic heterocycles. The monoisotopic (exact) mass is 313 g/mol. The van der Waals surface area contributed by atoms with Gasteiger partial charge in [0.15, 0.2) is 0 Å². The third-order valence-electron chi connectivity index (χ3n) is 4.85. The van der Waals surface area contributed by atoms with Crippen LogP contribution in [0, 0.1) is 19.8 Å². The fourth-order valence-corrected chi connectivity index (χ4v) is 3.70. The molecule has 1 saturated heterocycles. The van der Waals surface area contributed by atoms with Gasteiger partial charge >= 0.3 is 0 Å². The molecule has 0 radical (unpaired) electrons. The zero-order chi connectivity index (χ0) is 16.2. The van der Waals surface area contributed by atoms with Crippen LogP contribution >= 0.6 is 0 Å². The summed E-state index contributed by atoms with van der Waals surface area (Å²) in [7, 11) is 0. The van der Waals surface area contributed by atoms with Gasteiger partial charge in [0.05, 0.1) is 12.4 Å². The van der Waals surface area contributed by atoms with E-state index in [9.17, 15) is 5.11 Å². The number of imidazole rings is 1. The average Bonchev–Trinajstić information content (AvgIpc) is 3.00. The minimum absolute atomic E-state index is 0.400. The number of aromatic nitrogens is 2. The first-order valence-corrected chi connectivity index (χ1v) is 8.55. The molecule has 2 aromatic rings. The zero-order valence-electron chi connectivity index (χ0n) is 14.2. The molecule has 1 aromatic carbocycles. The molecule has 0 bridgehead atoms. The minimum atomic E-state index is -0.400. The van der Waals surface area contributed by atoms with Crippen molar-refractivity contribution in [2.45, 2.75) is 39.3 Å². The van der Waals surface area contributed by atoms with Crippen LogP contribution in [0.1, 0.15) is 35.6 Å². The summed E-state index contributed by atoms with van der Waals surface area (Å²) in [6.45, 7) is 8.07. The molecule has 0 amide bonds. The first-order valence-electron chi connectivity index (χ1n) is 8.55. The molecule has 2 unspecified atom stereocenters. The first-order chi connectivity index (χ1) is 11.1. The standard InChI is InChI=1S/C19H27N3O/c1-15-5-6-18(16(2)10-15)19(23)13-21-8-3-4-17(11-21)12-22-9-7-20-14-22/h5-7,9-10,14,17,19,23H,3-4,8,11-13H2,1-2H3. The van der Waals surface area contributed by atoms with Gasteiger partial charge in [-0.1, -0.05) is 23.8 Å². The Hall–Kier alpha value is -1.65. The second kappa shape index (κ2) is 7.28. The number of aliphatic hydroxyl groups excluding tert-OH is 1. The van der Waals surface area contributed by atoms with E-state index in [0.717, 1.165) is 31.7 Å². The number of benzene rings is 1. The molecule has 2 heterocycles. The van der Waals surface area contributed by atoms with Crippen molar-refractivity contribution in [3.05, 3.63) is 53.6 Å². The van der Waals surface area contributed by atoms with Crippen molar-refractivity contribution in [3.8, 4) is 0 Å². The van der Waals surface area contributed by atoms with Gasteiger partial charge in [0, 0.05) is 32.0 Å². The lowest BCUT2D eigenvalue weighted by Crippen LogP contribution is -2.39. The van der Waals surface area contributed by atoms with Crippen molar-refractivity contribution < 1.29 is 5.11 Å². The van der Waals surface area contributed by atoms with Crippen LogP contribution in [0.25, 0.3) is 0 Å². The van der Waals surface area contributed by atoms with E-state index in [1.165, 1.54) is 24.0 Å². The number of hydrogen-bond acceptors (Lipinski definition) is 3. The lowest BCUT2D eigenvalue weighted by molar-refractivity contribution is 0.0804. The van der Waals surface area contributed by atoms with Gasteiger partial charge in [0.25, 0.3) is 0 Å². The third kappa shape index (κ3) is 4.21. The summed E-state index contributed by atoms with van der Waals surface area (Å²) in [4.78, 5) is 6.53. The van der Waals surface area contributed by atoms with Crippen LogP contribution in [-0.2, 0) is 6.54 Å². The Morgan fingerprint density at radius 1 is 1.35 bits per heavy atom. The topological polar surface area (TPSA) is 41.3 Å². The highest BCUT2D eigenvalue weighted by molar-refractivity contribution is 5.32. The van der Waals surface area contributed by atoms with E-state index < -0.39 is 6.10 Å². The summed E-state index contributed by atoms with van der Waals surface area (Å²) in [5.74, 6) is 0.643. The molecular weight excluding hydrogens is 286 g/mol. The first kappa shape index (κ1) is 16.2. The van der Waals surface area contributed by atoms with Crippen LogP contribution < -0.4 is 0 Å². The molecule has 4 heteroatoms. The average molecular weight is 313 g/mol. The molecule has 3 rings (SSSR count). The lowest BCUT2D eigenvalue weighted by atomic mass is 9.96. The minimum Gasteiger partial charge on any atom is -0.387 e. The number of nitrogens with zero attached hydrogens (tertiary/aromatic N) is 3. The van der Waals surface area contributed by atoms with Crippen LogP contribution in [0.3, 0.4) is 0 Å². The Bertz CT molecular complexity index is 624. The predicted molar refractivity (Wildman–Crippen MR) is 92.3 cm³/mol. The van der Waals surface area contributed by atoms with Gasteiger partial charge in [-0.15, -0.1) is 0 Å². The fourth-order valence-electron chi connectivity index (χ4n) is 3.70. The van der Waals surface area contributed by atoms with Crippen molar-refractivity contribution in [1.29, 1.82) is 0 Å². The van der Waals surface area contributed by atoms with Crippen molar-refractivity contribution in [2.75, 3.05) is 19.6 Å². The normalized spacial score (nSPS) is 20.6. The number of hydrogen-bond donors (Lipinski definition) is 1. The molecule has 2 atom stereocenters. The summed E-state index contributed by atoms with van der Waals surface area (Å²) in [5, 5.41) is 10.6. The predicted octanol–water partition coefficient (Wildman–Crippen LogP) is 2.95. The SMILES string of the molecule is Cc1ccc(C(O)CN2CCCC(Cn3ccnc3)C2)c(C)c1. The van der Waals surface area contributed by atoms with Crippen LogP contribution in [0.4, 0.5) is 0 Å². The van der Waals surface area contributed by atoms with Gasteiger partial charge in [-0.3, -0.25) is 0 Å². The molecule has 1 aliphatic rings. The quantitative estimate of drug-likeness (QED) is 0.923. The molecule has 0 saturated carbocycles. The summed E-state index contributed by atoms with van der Waals surface area (Å²) < 4.78 is 2.16. The van der Waals surface area contributed by atoms with E-state index in [2.05, 4.69) is 46.5 Å². The van der Waals surface area contributed by atoms with E-state index in [4.69, 9.17) is 0 Å². The smallest absolute Gasteiger partial charge is 0.0946 e. The summed E-state index contributed by atoms with van der Waals surface area (Å²) in [6, 6.07) is 6.31. The zero-order valence-corrected chi connectivity index (χ0v) is 14.2. The van der Waals surface area contributed by atoms with Crippen LogP contribution in [-0.4, -0.2) is 39.2 Å². The molecule has 1 aromatic heterocycles. The largest absolute Gasteiger partial charge is 0.387 e. The molecule has 23 heavy (non-hydrogen) atoms. The summed E-state index contributed by atoms with van der Waals surface area (Å²) >= 11 is 0. The number of aryl methyl sites for hydroxylation is 2. The van der Waals surface area contributed by atoms with E-state index >= 15 is 0 Å². The van der Waals surface area contributed by atoms with Crippen molar-refractivity contribution in [1.82, 2.24) is 14.5 Å². The van der Waals surface area contributed by atoms with E-state index in [0.29, 0.717) is 5.92 Å². The second-order valence-corrected chi connectivity index (χ2v) is 6.90. The molecule has 0 spiro atoms. The third-order valence-corrected chi connectivity index (χ3v) is 4.85. The van der Waals surface area contributed by atoms with Crippen LogP contribution in [0.5, 0.6) is 0 Å². The number of β-amino-alcohol motifs (C(OH)–C–C–N with tert-alkyl or cyclic N) is 1. The Balaban J connectivity index is 1.58. The Labute approximate surface area is 138 Å². The maximum Gasteiger partial charge on any atom is 0.0946 e. The number of likely N-dealkylation sites (tertiary alicyclic amines) is 1. The van der Waals surface area contributed by atoms with Gasteiger partial charge in [-0.2, -0.15) is 0 Å². The summed E-state index contributed by atoms with van der Waals surface area (Å²) in [6.07, 6.45) is 7.83. The Kier molecular flexibility index (Phi) is 5.13. The van der Waals surface area contributed by atoms with E-state index in [-0.39, 0.29) is 0 Å². The molecule has 4 nitrogen and oxygen atoms in total. The molecule has 124 valence electrons.